The maximum atomic E-state index is 12.6. The fourth-order valence-corrected chi connectivity index (χ4v) is 4.40. The average molecular weight is 444 g/mol. The summed E-state index contributed by atoms with van der Waals surface area (Å²) < 4.78 is 11.8. The molecule has 0 spiro atoms. The standard InChI is InChI=1S/C29H33NO3/c1-4-32-27-18-28-25(26(19-33-28)23-12-10-20(2)11-13-23)17-24(27)21(3)16-29(31)30-15-14-22-8-6-5-7-9-22/h8,10-13,16-19H,4-7,9,14-15H2,1-3H3,(H,30,31)/b21-16+. The van der Waals surface area contributed by atoms with Crippen LogP contribution in [0.4, 0.5) is 0 Å². The van der Waals surface area contributed by atoms with Crippen molar-refractivity contribution in [2.75, 3.05) is 13.2 Å². The molecule has 1 aliphatic carbocycles. The molecule has 0 aliphatic heterocycles. The average Bonchev–Trinajstić information content (AvgIpc) is 3.23. The maximum absolute atomic E-state index is 12.6. The van der Waals surface area contributed by atoms with Crippen molar-refractivity contribution in [2.24, 2.45) is 0 Å². The number of rotatable bonds is 8. The Labute approximate surface area is 196 Å². The highest BCUT2D eigenvalue weighted by Crippen LogP contribution is 2.37. The number of hydrogen-bond acceptors (Lipinski definition) is 3. The second-order valence-electron chi connectivity index (χ2n) is 8.77. The zero-order valence-electron chi connectivity index (χ0n) is 19.9. The first-order chi connectivity index (χ1) is 16.0. The molecule has 0 atom stereocenters. The highest BCUT2D eigenvalue weighted by molar-refractivity contribution is 6.00. The van der Waals surface area contributed by atoms with Gasteiger partial charge in [0.25, 0.3) is 0 Å². The van der Waals surface area contributed by atoms with E-state index in [1.54, 1.807) is 12.3 Å². The fraction of sp³-hybridized carbons (Fsp3) is 0.345. The highest BCUT2D eigenvalue weighted by atomic mass is 16.5. The van der Waals surface area contributed by atoms with Crippen LogP contribution in [0.3, 0.4) is 0 Å². The van der Waals surface area contributed by atoms with Crippen LogP contribution in [0.25, 0.3) is 27.7 Å². The summed E-state index contributed by atoms with van der Waals surface area (Å²) in [6.07, 6.45) is 11.6. The van der Waals surface area contributed by atoms with Crippen LogP contribution in [0, 0.1) is 6.92 Å². The molecule has 1 amide bonds. The molecule has 3 aromatic rings. The Morgan fingerprint density at radius 1 is 1.18 bits per heavy atom. The van der Waals surface area contributed by atoms with Crippen LogP contribution < -0.4 is 10.1 Å². The van der Waals surface area contributed by atoms with Crippen molar-refractivity contribution in [1.29, 1.82) is 0 Å². The zero-order chi connectivity index (χ0) is 23.2. The van der Waals surface area contributed by atoms with Crippen molar-refractivity contribution in [2.45, 2.75) is 52.9 Å². The van der Waals surface area contributed by atoms with Gasteiger partial charge < -0.3 is 14.5 Å². The molecule has 2 aromatic carbocycles. The first kappa shape index (κ1) is 22.9. The Balaban J connectivity index is 1.58. The van der Waals surface area contributed by atoms with Gasteiger partial charge in [0.05, 0.1) is 12.9 Å². The van der Waals surface area contributed by atoms with Crippen molar-refractivity contribution >= 4 is 22.4 Å². The van der Waals surface area contributed by atoms with Gasteiger partial charge in [0.15, 0.2) is 0 Å². The number of fused-ring (bicyclic) bond motifs is 1. The van der Waals surface area contributed by atoms with E-state index in [9.17, 15) is 4.79 Å². The van der Waals surface area contributed by atoms with Gasteiger partial charge in [0.1, 0.15) is 11.3 Å². The second-order valence-corrected chi connectivity index (χ2v) is 8.77. The van der Waals surface area contributed by atoms with Crippen molar-refractivity contribution in [3.05, 3.63) is 71.5 Å². The van der Waals surface area contributed by atoms with Crippen LogP contribution >= 0.6 is 0 Å². The predicted octanol–water partition coefficient (Wildman–Crippen LogP) is 7.22. The number of furan rings is 1. The van der Waals surface area contributed by atoms with E-state index in [1.807, 2.05) is 19.9 Å². The van der Waals surface area contributed by atoms with Gasteiger partial charge in [0, 0.05) is 35.2 Å². The number of nitrogens with one attached hydrogen (secondary N) is 1. The summed E-state index contributed by atoms with van der Waals surface area (Å²) in [5.74, 6) is 0.654. The molecule has 1 aliphatic rings. The van der Waals surface area contributed by atoms with E-state index in [1.165, 1.54) is 30.4 Å². The molecule has 1 heterocycles. The third-order valence-corrected chi connectivity index (χ3v) is 6.24. The molecule has 1 N–H and O–H groups in total. The molecule has 1 aromatic heterocycles. The number of benzene rings is 2. The van der Waals surface area contributed by atoms with Crippen molar-refractivity contribution < 1.29 is 13.9 Å². The summed E-state index contributed by atoms with van der Waals surface area (Å²) in [5.41, 5.74) is 7.37. The van der Waals surface area contributed by atoms with E-state index in [2.05, 4.69) is 48.6 Å². The van der Waals surface area contributed by atoms with Crippen LogP contribution in [-0.4, -0.2) is 19.1 Å². The molecule has 4 rings (SSSR count). The zero-order valence-corrected chi connectivity index (χ0v) is 19.9. The molecule has 172 valence electrons. The molecule has 4 heteroatoms. The molecular formula is C29H33NO3. The molecule has 0 unspecified atom stereocenters. The number of carbonyl (C=O) groups is 1. The van der Waals surface area contributed by atoms with Gasteiger partial charge in [-0.25, -0.2) is 0 Å². The summed E-state index contributed by atoms with van der Waals surface area (Å²) in [6, 6.07) is 12.4. The monoisotopic (exact) mass is 443 g/mol. The number of aryl methyl sites for hydroxylation is 1. The molecule has 0 saturated heterocycles. The van der Waals surface area contributed by atoms with Gasteiger partial charge in [-0.15, -0.1) is 0 Å². The lowest BCUT2D eigenvalue weighted by Crippen LogP contribution is -2.23. The summed E-state index contributed by atoms with van der Waals surface area (Å²) in [7, 11) is 0. The lowest BCUT2D eigenvalue weighted by atomic mass is 9.97. The minimum atomic E-state index is -0.0718. The first-order valence-electron chi connectivity index (χ1n) is 11.9. The van der Waals surface area contributed by atoms with Gasteiger partial charge in [-0.1, -0.05) is 41.5 Å². The highest BCUT2D eigenvalue weighted by Gasteiger charge is 2.15. The Morgan fingerprint density at radius 3 is 2.73 bits per heavy atom. The third-order valence-electron chi connectivity index (χ3n) is 6.24. The summed E-state index contributed by atoms with van der Waals surface area (Å²) in [4.78, 5) is 12.6. The SMILES string of the molecule is CCOc1cc2occ(-c3ccc(C)cc3)c2cc1/C(C)=C/C(=O)NCCC1=CCCCC1. The largest absolute Gasteiger partial charge is 0.493 e. The second kappa shape index (κ2) is 10.6. The van der Waals surface area contributed by atoms with E-state index < -0.39 is 0 Å². The Kier molecular flexibility index (Phi) is 7.33. The lowest BCUT2D eigenvalue weighted by molar-refractivity contribution is -0.116. The molecule has 33 heavy (non-hydrogen) atoms. The molecule has 0 bridgehead atoms. The van der Waals surface area contributed by atoms with E-state index in [0.717, 1.165) is 51.8 Å². The van der Waals surface area contributed by atoms with E-state index in [4.69, 9.17) is 9.15 Å². The molecule has 4 nitrogen and oxygen atoms in total. The summed E-state index contributed by atoms with van der Waals surface area (Å²) in [5, 5.41) is 4.05. The van der Waals surface area contributed by atoms with E-state index >= 15 is 0 Å². The number of ether oxygens (including phenoxy) is 1. The van der Waals surface area contributed by atoms with Crippen molar-refractivity contribution in [1.82, 2.24) is 5.32 Å². The number of carbonyl (C=O) groups excluding carboxylic acids is 1. The van der Waals surface area contributed by atoms with E-state index in [-0.39, 0.29) is 5.91 Å². The van der Waals surface area contributed by atoms with Gasteiger partial charge in [-0.05, 0) is 70.1 Å². The van der Waals surface area contributed by atoms with Gasteiger partial charge in [0.2, 0.25) is 5.91 Å². The minimum Gasteiger partial charge on any atom is -0.493 e. The van der Waals surface area contributed by atoms with E-state index in [0.29, 0.717) is 13.2 Å². The Morgan fingerprint density at radius 2 is 2.00 bits per heavy atom. The maximum Gasteiger partial charge on any atom is 0.244 e. The predicted molar refractivity (Wildman–Crippen MR) is 135 cm³/mol. The Bertz CT molecular complexity index is 1180. The molecule has 0 radical (unpaired) electrons. The smallest absolute Gasteiger partial charge is 0.244 e. The quantitative estimate of drug-likeness (QED) is 0.295. The first-order valence-corrected chi connectivity index (χ1v) is 11.9. The number of hydrogen-bond donors (Lipinski definition) is 1. The molecular weight excluding hydrogens is 410 g/mol. The van der Waals surface area contributed by atoms with Crippen LogP contribution in [0.15, 0.2) is 64.8 Å². The molecule has 0 fully saturated rings. The number of amides is 1. The Hall–Kier alpha value is -3.27. The van der Waals surface area contributed by atoms with Gasteiger partial charge in [-0.3, -0.25) is 4.79 Å². The van der Waals surface area contributed by atoms with Crippen LogP contribution in [-0.2, 0) is 4.79 Å². The van der Waals surface area contributed by atoms with Crippen LogP contribution in [0.1, 0.15) is 57.1 Å². The fourth-order valence-electron chi connectivity index (χ4n) is 4.40. The van der Waals surface area contributed by atoms with Gasteiger partial charge in [-0.2, -0.15) is 0 Å². The normalized spacial score (nSPS) is 14.3. The van der Waals surface area contributed by atoms with Crippen molar-refractivity contribution in [3.63, 3.8) is 0 Å². The van der Waals surface area contributed by atoms with Crippen molar-refractivity contribution in [3.8, 4) is 16.9 Å². The minimum absolute atomic E-state index is 0.0718. The van der Waals surface area contributed by atoms with Crippen LogP contribution in [0.2, 0.25) is 0 Å². The van der Waals surface area contributed by atoms with Crippen LogP contribution in [0.5, 0.6) is 5.75 Å². The third kappa shape index (κ3) is 5.57. The van der Waals surface area contributed by atoms with Gasteiger partial charge >= 0.3 is 0 Å². The summed E-state index contributed by atoms with van der Waals surface area (Å²) >= 11 is 0. The topological polar surface area (TPSA) is 51.5 Å². The summed E-state index contributed by atoms with van der Waals surface area (Å²) in [6.45, 7) is 7.21. The number of allylic oxidation sites excluding steroid dienone is 2. The molecule has 0 saturated carbocycles. The lowest BCUT2D eigenvalue weighted by Gasteiger charge is -2.13.